The number of esters is 1. The molecule has 0 aromatic rings. The van der Waals surface area contributed by atoms with E-state index in [-0.39, 0.29) is 18.5 Å². The summed E-state index contributed by atoms with van der Waals surface area (Å²) in [7, 11) is 0. The molecule has 0 heterocycles. The number of hydrogen-bond acceptors (Lipinski definition) is 5. The first kappa shape index (κ1) is 66.1. The number of aliphatic hydroxyl groups is 2. The summed E-state index contributed by atoms with van der Waals surface area (Å²) in [5.41, 5.74) is 0. The Balaban J connectivity index is 3.36. The highest BCUT2D eigenvalue weighted by molar-refractivity contribution is 5.76. The fourth-order valence-electron chi connectivity index (χ4n) is 9.25. The van der Waals surface area contributed by atoms with Crippen LogP contribution in [-0.4, -0.2) is 47.4 Å². The van der Waals surface area contributed by atoms with Gasteiger partial charge in [-0.15, -0.1) is 0 Å². The molecule has 6 heteroatoms. The molecule has 0 aromatic carbocycles. The molecule has 0 aliphatic heterocycles. The van der Waals surface area contributed by atoms with Crippen LogP contribution in [0.25, 0.3) is 0 Å². The van der Waals surface area contributed by atoms with Gasteiger partial charge in [0.1, 0.15) is 0 Å². The van der Waals surface area contributed by atoms with Gasteiger partial charge in [0.2, 0.25) is 5.91 Å². The molecule has 3 N–H and O–H groups in total. The van der Waals surface area contributed by atoms with Gasteiger partial charge in [0, 0.05) is 12.8 Å². The lowest BCUT2D eigenvalue weighted by Gasteiger charge is -2.20. The molecule has 0 saturated carbocycles. The molecule has 1 amide bonds. The highest BCUT2D eigenvalue weighted by Gasteiger charge is 2.18. The average Bonchev–Trinajstić information content (AvgIpc) is 3.34. The molecular weight excluding hydrogens is 839 g/mol. The quantitative estimate of drug-likeness (QED) is 0.0321. The third kappa shape index (κ3) is 53.4. The van der Waals surface area contributed by atoms with E-state index in [0.717, 1.165) is 51.4 Å². The number of unbranched alkanes of at least 4 members (excludes halogenated alkanes) is 41. The molecule has 6 nitrogen and oxygen atoms in total. The predicted molar refractivity (Wildman–Crippen MR) is 296 cm³/mol. The van der Waals surface area contributed by atoms with Gasteiger partial charge in [0.05, 0.1) is 25.4 Å². The van der Waals surface area contributed by atoms with Gasteiger partial charge < -0.3 is 20.3 Å². The standard InChI is InChI=1S/C62H117NO5/c1-3-5-7-9-11-13-15-16-17-18-23-27-30-33-36-40-44-48-52-56-62(67)68-57-53-49-45-41-37-34-31-28-25-22-20-19-21-24-26-29-32-35-39-43-47-51-55-61(66)63-59(58-64)60(65)54-50-46-42-38-14-12-10-8-6-4-2/h11,13,16-17,50,54,59-60,64-65H,3-10,12,14-15,18-49,51-53,55-58H2,1-2H3,(H,63,66)/b13-11-,17-16-,54-50+. The number of carbonyl (C=O) groups excluding carboxylic acids is 2. The van der Waals surface area contributed by atoms with Gasteiger partial charge in [-0.3, -0.25) is 9.59 Å². The van der Waals surface area contributed by atoms with E-state index >= 15 is 0 Å². The Morgan fingerprint density at radius 3 is 1.15 bits per heavy atom. The Bertz CT molecular complexity index is 1100. The van der Waals surface area contributed by atoms with E-state index in [4.69, 9.17) is 4.74 Å². The smallest absolute Gasteiger partial charge is 0.305 e. The van der Waals surface area contributed by atoms with Crippen LogP contribution in [-0.2, 0) is 14.3 Å². The molecule has 0 rings (SSSR count). The molecule has 2 unspecified atom stereocenters. The number of nitrogens with one attached hydrogen (secondary N) is 1. The lowest BCUT2D eigenvalue weighted by Crippen LogP contribution is -2.45. The molecule has 0 saturated heterocycles. The van der Waals surface area contributed by atoms with Crippen molar-refractivity contribution in [2.75, 3.05) is 13.2 Å². The average molecular weight is 957 g/mol. The van der Waals surface area contributed by atoms with Crippen LogP contribution < -0.4 is 5.32 Å². The number of rotatable bonds is 56. The Hall–Kier alpha value is -1.92. The molecule has 2 atom stereocenters. The van der Waals surface area contributed by atoms with Crippen molar-refractivity contribution >= 4 is 11.9 Å². The first-order valence-electron chi connectivity index (χ1n) is 30.3. The molecule has 0 spiro atoms. The molecule has 0 aromatic heterocycles. The summed E-state index contributed by atoms with van der Waals surface area (Å²) in [6, 6.07) is -0.626. The fourth-order valence-corrected chi connectivity index (χ4v) is 9.25. The predicted octanol–water partition coefficient (Wildman–Crippen LogP) is 18.8. The minimum atomic E-state index is -0.843. The van der Waals surface area contributed by atoms with Gasteiger partial charge >= 0.3 is 5.97 Å². The SMILES string of the molecule is CCCCC/C=C\C/C=C\CCCCCCCCCCCC(=O)OCCCCCCCCCCCCCCCCCCCCCCCCC(=O)NC(CO)C(O)/C=C/CCCCCCCCCC. The summed E-state index contributed by atoms with van der Waals surface area (Å²) < 4.78 is 5.50. The Kier molecular flexibility index (Phi) is 56.0. The van der Waals surface area contributed by atoms with Crippen molar-refractivity contribution in [1.82, 2.24) is 5.32 Å². The molecule has 0 bridgehead atoms. The zero-order valence-electron chi connectivity index (χ0n) is 45.6. The van der Waals surface area contributed by atoms with E-state index in [9.17, 15) is 19.8 Å². The Morgan fingerprint density at radius 1 is 0.412 bits per heavy atom. The largest absolute Gasteiger partial charge is 0.466 e. The lowest BCUT2D eigenvalue weighted by atomic mass is 10.0. The van der Waals surface area contributed by atoms with Crippen molar-refractivity contribution in [1.29, 1.82) is 0 Å². The highest BCUT2D eigenvalue weighted by Crippen LogP contribution is 2.17. The van der Waals surface area contributed by atoms with Crippen LogP contribution in [0, 0.1) is 0 Å². The van der Waals surface area contributed by atoms with Gasteiger partial charge in [-0.25, -0.2) is 0 Å². The lowest BCUT2D eigenvalue weighted by molar-refractivity contribution is -0.143. The number of aliphatic hydroxyl groups excluding tert-OH is 2. The van der Waals surface area contributed by atoms with Crippen LogP contribution in [0.15, 0.2) is 36.5 Å². The normalized spacial score (nSPS) is 12.8. The van der Waals surface area contributed by atoms with Crippen molar-refractivity contribution in [2.45, 2.75) is 334 Å². The molecule has 68 heavy (non-hydrogen) atoms. The maximum atomic E-state index is 12.4. The van der Waals surface area contributed by atoms with Crippen LogP contribution in [0.5, 0.6) is 0 Å². The number of hydrogen-bond donors (Lipinski definition) is 3. The monoisotopic (exact) mass is 956 g/mol. The van der Waals surface area contributed by atoms with Gasteiger partial charge in [-0.1, -0.05) is 281 Å². The van der Waals surface area contributed by atoms with E-state index in [1.807, 2.05) is 6.08 Å². The van der Waals surface area contributed by atoms with Gasteiger partial charge in [-0.2, -0.15) is 0 Å². The molecule has 0 aliphatic rings. The van der Waals surface area contributed by atoms with E-state index in [1.165, 1.54) is 244 Å². The van der Waals surface area contributed by atoms with E-state index in [0.29, 0.717) is 19.4 Å². The van der Waals surface area contributed by atoms with Gasteiger partial charge in [0.15, 0.2) is 0 Å². The van der Waals surface area contributed by atoms with Crippen LogP contribution in [0.1, 0.15) is 322 Å². The minimum absolute atomic E-state index is 0.00871. The van der Waals surface area contributed by atoms with Gasteiger partial charge in [0.25, 0.3) is 0 Å². The molecule has 0 radical (unpaired) electrons. The second kappa shape index (κ2) is 57.7. The summed E-state index contributed by atoms with van der Waals surface area (Å²) in [5, 5.41) is 23.0. The summed E-state index contributed by atoms with van der Waals surface area (Å²) in [6.45, 7) is 4.87. The molecule has 400 valence electrons. The second-order valence-electron chi connectivity index (χ2n) is 20.7. The maximum Gasteiger partial charge on any atom is 0.305 e. The van der Waals surface area contributed by atoms with Crippen LogP contribution in [0.2, 0.25) is 0 Å². The Morgan fingerprint density at radius 2 is 0.735 bits per heavy atom. The van der Waals surface area contributed by atoms with Crippen LogP contribution in [0.4, 0.5) is 0 Å². The first-order valence-corrected chi connectivity index (χ1v) is 30.3. The van der Waals surface area contributed by atoms with Crippen molar-refractivity contribution in [3.05, 3.63) is 36.5 Å². The minimum Gasteiger partial charge on any atom is -0.466 e. The number of amides is 1. The highest BCUT2D eigenvalue weighted by atomic mass is 16.5. The Labute approximate surface area is 424 Å². The van der Waals surface area contributed by atoms with E-state index < -0.39 is 12.1 Å². The zero-order chi connectivity index (χ0) is 49.3. The van der Waals surface area contributed by atoms with Crippen molar-refractivity contribution in [3.63, 3.8) is 0 Å². The maximum absolute atomic E-state index is 12.4. The van der Waals surface area contributed by atoms with Crippen molar-refractivity contribution in [2.24, 2.45) is 0 Å². The molecule has 0 fully saturated rings. The summed E-state index contributed by atoms with van der Waals surface area (Å²) >= 11 is 0. The fraction of sp³-hybridized carbons (Fsp3) is 0.871. The summed E-state index contributed by atoms with van der Waals surface area (Å²) in [5.74, 6) is -0.0611. The van der Waals surface area contributed by atoms with Crippen molar-refractivity contribution in [3.8, 4) is 0 Å². The molecule has 0 aliphatic carbocycles. The number of ether oxygens (including phenoxy) is 1. The zero-order valence-corrected chi connectivity index (χ0v) is 45.6. The van der Waals surface area contributed by atoms with Crippen LogP contribution >= 0.6 is 0 Å². The molecular formula is C62H117NO5. The number of allylic oxidation sites excluding steroid dienone is 5. The third-order valence-electron chi connectivity index (χ3n) is 13.9. The topological polar surface area (TPSA) is 95.9 Å². The summed E-state index contributed by atoms with van der Waals surface area (Å²) in [6.07, 6.45) is 71.8. The number of carbonyl (C=O) groups is 2. The third-order valence-corrected chi connectivity index (χ3v) is 13.9. The summed E-state index contributed by atoms with van der Waals surface area (Å²) in [4.78, 5) is 24.5. The van der Waals surface area contributed by atoms with Crippen LogP contribution in [0.3, 0.4) is 0 Å². The van der Waals surface area contributed by atoms with Gasteiger partial charge in [-0.05, 0) is 64.2 Å². The van der Waals surface area contributed by atoms with E-state index in [2.05, 4.69) is 43.5 Å². The van der Waals surface area contributed by atoms with E-state index in [1.54, 1.807) is 6.08 Å². The second-order valence-corrected chi connectivity index (χ2v) is 20.7. The first-order chi connectivity index (χ1) is 33.5. The van der Waals surface area contributed by atoms with Crippen molar-refractivity contribution < 1.29 is 24.5 Å².